The van der Waals surface area contributed by atoms with E-state index >= 15 is 0 Å². The lowest BCUT2D eigenvalue weighted by atomic mass is 10.2. The molecule has 1 aromatic carbocycles. The standard InChI is InChI=1S/C11H12ClFN4/c1-17-7-15-10(16-17)6-14-5-8-3-2-4-9(13)11(8)12/h2-4,7,14H,5-6H2,1H3. The molecule has 0 aliphatic rings. The zero-order chi connectivity index (χ0) is 12.3. The molecule has 0 amide bonds. The van der Waals surface area contributed by atoms with E-state index in [0.29, 0.717) is 18.9 Å². The molecule has 1 heterocycles. The zero-order valence-electron chi connectivity index (χ0n) is 9.32. The van der Waals surface area contributed by atoms with Crippen LogP contribution in [0.2, 0.25) is 5.02 Å². The van der Waals surface area contributed by atoms with Gasteiger partial charge in [-0.05, 0) is 11.6 Å². The summed E-state index contributed by atoms with van der Waals surface area (Å²) in [5, 5.41) is 7.39. The zero-order valence-corrected chi connectivity index (χ0v) is 10.1. The topological polar surface area (TPSA) is 42.7 Å². The van der Waals surface area contributed by atoms with E-state index in [1.165, 1.54) is 6.07 Å². The first-order chi connectivity index (χ1) is 8.16. The van der Waals surface area contributed by atoms with E-state index in [9.17, 15) is 4.39 Å². The predicted molar refractivity (Wildman–Crippen MR) is 63.0 cm³/mol. The van der Waals surface area contributed by atoms with Gasteiger partial charge in [-0.25, -0.2) is 9.37 Å². The van der Waals surface area contributed by atoms with Crippen LogP contribution in [-0.4, -0.2) is 14.8 Å². The van der Waals surface area contributed by atoms with Gasteiger partial charge in [0.05, 0.1) is 11.6 Å². The van der Waals surface area contributed by atoms with E-state index < -0.39 is 5.82 Å². The first-order valence-corrected chi connectivity index (χ1v) is 5.52. The number of benzene rings is 1. The second kappa shape index (κ2) is 5.25. The second-order valence-corrected chi connectivity index (χ2v) is 4.03. The van der Waals surface area contributed by atoms with Crippen LogP contribution in [0.25, 0.3) is 0 Å². The van der Waals surface area contributed by atoms with Crippen molar-refractivity contribution in [1.29, 1.82) is 0 Å². The lowest BCUT2D eigenvalue weighted by Crippen LogP contribution is -2.14. The van der Waals surface area contributed by atoms with Crippen LogP contribution in [-0.2, 0) is 20.1 Å². The van der Waals surface area contributed by atoms with Gasteiger partial charge >= 0.3 is 0 Å². The highest BCUT2D eigenvalue weighted by molar-refractivity contribution is 6.31. The van der Waals surface area contributed by atoms with E-state index in [1.807, 2.05) is 0 Å². The van der Waals surface area contributed by atoms with Crippen LogP contribution in [0.1, 0.15) is 11.4 Å². The van der Waals surface area contributed by atoms with Gasteiger partial charge < -0.3 is 5.32 Å². The SMILES string of the molecule is Cn1cnc(CNCc2cccc(F)c2Cl)n1. The molecule has 17 heavy (non-hydrogen) atoms. The first-order valence-electron chi connectivity index (χ1n) is 5.15. The summed E-state index contributed by atoms with van der Waals surface area (Å²) in [4.78, 5) is 4.07. The van der Waals surface area contributed by atoms with Gasteiger partial charge in [0, 0.05) is 13.6 Å². The highest BCUT2D eigenvalue weighted by Crippen LogP contribution is 2.19. The lowest BCUT2D eigenvalue weighted by molar-refractivity contribution is 0.616. The number of nitrogens with one attached hydrogen (secondary N) is 1. The average molecular weight is 255 g/mol. The highest BCUT2D eigenvalue weighted by Gasteiger charge is 2.05. The fourth-order valence-electron chi connectivity index (χ4n) is 1.46. The summed E-state index contributed by atoms with van der Waals surface area (Å²) < 4.78 is 14.8. The lowest BCUT2D eigenvalue weighted by Gasteiger charge is -2.05. The first kappa shape index (κ1) is 12.0. The quantitative estimate of drug-likeness (QED) is 0.906. The van der Waals surface area contributed by atoms with Crippen molar-refractivity contribution >= 4 is 11.6 Å². The smallest absolute Gasteiger partial charge is 0.164 e. The number of nitrogens with zero attached hydrogens (tertiary/aromatic N) is 3. The van der Waals surface area contributed by atoms with Crippen LogP contribution in [0.3, 0.4) is 0 Å². The molecule has 0 aliphatic carbocycles. The summed E-state index contributed by atoms with van der Waals surface area (Å²) in [5.74, 6) is 0.293. The molecule has 0 saturated carbocycles. The summed E-state index contributed by atoms with van der Waals surface area (Å²) in [6.45, 7) is 1.00. The molecule has 2 aromatic rings. The maximum absolute atomic E-state index is 13.1. The summed E-state index contributed by atoms with van der Waals surface area (Å²) in [6.07, 6.45) is 1.63. The Labute approximate surface area is 103 Å². The molecule has 0 aliphatic heterocycles. The molecule has 0 atom stereocenters. The summed E-state index contributed by atoms with van der Waals surface area (Å²) in [6, 6.07) is 4.76. The Balaban J connectivity index is 1.92. The number of hydrogen-bond acceptors (Lipinski definition) is 3. The summed E-state index contributed by atoms with van der Waals surface area (Å²) in [5.41, 5.74) is 0.725. The van der Waals surface area contributed by atoms with Gasteiger partial charge in [-0.2, -0.15) is 5.10 Å². The summed E-state index contributed by atoms with van der Waals surface area (Å²) >= 11 is 5.83. The van der Waals surface area contributed by atoms with E-state index in [1.54, 1.807) is 30.2 Å². The van der Waals surface area contributed by atoms with Crippen molar-refractivity contribution in [3.63, 3.8) is 0 Å². The minimum atomic E-state index is -0.401. The molecule has 0 fully saturated rings. The molecule has 1 N–H and O–H groups in total. The normalized spacial score (nSPS) is 10.8. The van der Waals surface area contributed by atoms with Crippen molar-refractivity contribution in [1.82, 2.24) is 20.1 Å². The molecule has 1 aromatic heterocycles. The van der Waals surface area contributed by atoms with Crippen LogP contribution in [0.15, 0.2) is 24.5 Å². The maximum atomic E-state index is 13.1. The number of rotatable bonds is 4. The highest BCUT2D eigenvalue weighted by atomic mass is 35.5. The molecule has 4 nitrogen and oxygen atoms in total. The van der Waals surface area contributed by atoms with Crippen LogP contribution in [0.4, 0.5) is 4.39 Å². The summed E-state index contributed by atoms with van der Waals surface area (Å²) in [7, 11) is 1.81. The van der Waals surface area contributed by atoms with Gasteiger partial charge in [-0.3, -0.25) is 4.68 Å². The van der Waals surface area contributed by atoms with E-state index in [2.05, 4.69) is 15.4 Å². The molecule has 0 spiro atoms. The van der Waals surface area contributed by atoms with Gasteiger partial charge in [0.2, 0.25) is 0 Å². The monoisotopic (exact) mass is 254 g/mol. The van der Waals surface area contributed by atoms with Gasteiger partial charge in [0.25, 0.3) is 0 Å². The molecule has 0 saturated heterocycles. The number of aryl methyl sites for hydroxylation is 1. The van der Waals surface area contributed by atoms with Crippen LogP contribution < -0.4 is 5.32 Å². The molecule has 2 rings (SSSR count). The van der Waals surface area contributed by atoms with Crippen LogP contribution in [0, 0.1) is 5.82 Å². The van der Waals surface area contributed by atoms with Gasteiger partial charge in [-0.1, -0.05) is 23.7 Å². The van der Waals surface area contributed by atoms with Gasteiger partial charge in [0.15, 0.2) is 5.82 Å². The van der Waals surface area contributed by atoms with E-state index in [0.717, 1.165) is 5.56 Å². The minimum Gasteiger partial charge on any atom is -0.306 e. The number of halogens is 2. The Morgan fingerprint density at radius 2 is 2.24 bits per heavy atom. The predicted octanol–water partition coefficient (Wildman–Crippen LogP) is 1.90. The molecule has 90 valence electrons. The van der Waals surface area contributed by atoms with Crippen molar-refractivity contribution in [2.24, 2.45) is 7.05 Å². The minimum absolute atomic E-state index is 0.161. The Morgan fingerprint density at radius 3 is 2.94 bits per heavy atom. The van der Waals surface area contributed by atoms with Gasteiger partial charge in [-0.15, -0.1) is 0 Å². The Morgan fingerprint density at radius 1 is 1.41 bits per heavy atom. The Hall–Kier alpha value is -1.46. The van der Waals surface area contributed by atoms with Crippen molar-refractivity contribution in [2.45, 2.75) is 13.1 Å². The number of aromatic nitrogens is 3. The molecular formula is C11H12ClFN4. The Kier molecular flexibility index (Phi) is 3.71. The maximum Gasteiger partial charge on any atom is 0.164 e. The Bertz CT molecular complexity index is 512. The van der Waals surface area contributed by atoms with E-state index in [-0.39, 0.29) is 5.02 Å². The third-order valence-electron chi connectivity index (χ3n) is 2.28. The third-order valence-corrected chi connectivity index (χ3v) is 2.70. The van der Waals surface area contributed by atoms with Crippen molar-refractivity contribution in [3.8, 4) is 0 Å². The third kappa shape index (κ3) is 3.01. The fourth-order valence-corrected chi connectivity index (χ4v) is 1.65. The molecular weight excluding hydrogens is 243 g/mol. The molecule has 0 radical (unpaired) electrons. The molecule has 0 unspecified atom stereocenters. The second-order valence-electron chi connectivity index (χ2n) is 3.65. The molecule has 6 heteroatoms. The van der Waals surface area contributed by atoms with Crippen molar-refractivity contribution in [2.75, 3.05) is 0 Å². The van der Waals surface area contributed by atoms with Crippen molar-refractivity contribution < 1.29 is 4.39 Å². The molecule has 0 bridgehead atoms. The average Bonchev–Trinajstić information content (AvgIpc) is 2.70. The number of hydrogen-bond donors (Lipinski definition) is 1. The largest absolute Gasteiger partial charge is 0.306 e. The fraction of sp³-hybridized carbons (Fsp3) is 0.273. The van der Waals surface area contributed by atoms with Gasteiger partial charge in [0.1, 0.15) is 12.1 Å². The van der Waals surface area contributed by atoms with E-state index in [4.69, 9.17) is 11.6 Å². The van der Waals surface area contributed by atoms with Crippen LogP contribution in [0.5, 0.6) is 0 Å². The van der Waals surface area contributed by atoms with Crippen molar-refractivity contribution in [3.05, 3.63) is 46.8 Å². The van der Waals surface area contributed by atoms with Crippen LogP contribution >= 0.6 is 11.6 Å².